The molecule has 0 radical (unpaired) electrons. The van der Waals surface area contributed by atoms with Gasteiger partial charge < -0.3 is 20.8 Å². The SMILES string of the molecule is Cc1ncc(CO)c([C@H]2CNC(=O)N2)c1O. The van der Waals surface area contributed by atoms with Gasteiger partial charge in [-0.3, -0.25) is 4.98 Å². The lowest BCUT2D eigenvalue weighted by Gasteiger charge is -2.16. The third-order valence-electron chi connectivity index (χ3n) is 2.65. The standard InChI is InChI=1S/C10H13N3O3/c1-5-9(15)8(6(4-14)2-11-5)7-3-12-10(16)13-7/h2,7,14-15H,3-4H2,1H3,(H2,12,13,16)/t7-/m1/s1. The zero-order chi connectivity index (χ0) is 11.7. The molecule has 1 saturated heterocycles. The molecule has 4 N–H and O–H groups in total. The van der Waals surface area contributed by atoms with Gasteiger partial charge in [0, 0.05) is 23.9 Å². The molecular formula is C10H13N3O3. The van der Waals surface area contributed by atoms with Crippen LogP contribution >= 0.6 is 0 Å². The molecule has 1 aliphatic heterocycles. The number of aryl methyl sites for hydroxylation is 1. The fraction of sp³-hybridized carbons (Fsp3) is 0.400. The van der Waals surface area contributed by atoms with Gasteiger partial charge in [-0.2, -0.15) is 0 Å². The second-order valence-corrected chi connectivity index (χ2v) is 3.70. The van der Waals surface area contributed by atoms with Gasteiger partial charge in [-0.25, -0.2) is 4.79 Å². The predicted octanol–water partition coefficient (Wildman–Crippen LogP) is -0.0582. The summed E-state index contributed by atoms with van der Waals surface area (Å²) in [6, 6.07) is -0.598. The van der Waals surface area contributed by atoms with Crippen LogP contribution in [0.1, 0.15) is 22.9 Å². The number of aliphatic hydroxyl groups excluding tert-OH is 1. The summed E-state index contributed by atoms with van der Waals surface area (Å²) in [5, 5.41) is 24.3. The van der Waals surface area contributed by atoms with Gasteiger partial charge in [-0.1, -0.05) is 0 Å². The van der Waals surface area contributed by atoms with Crippen LogP contribution in [0.3, 0.4) is 0 Å². The van der Waals surface area contributed by atoms with Gasteiger partial charge in [-0.15, -0.1) is 0 Å². The zero-order valence-corrected chi connectivity index (χ0v) is 8.82. The maximum Gasteiger partial charge on any atom is 0.315 e. The molecule has 0 bridgehead atoms. The largest absolute Gasteiger partial charge is 0.506 e. The molecule has 2 rings (SSSR count). The normalized spacial score (nSPS) is 19.4. The molecule has 2 amide bonds. The Morgan fingerprint density at radius 1 is 1.62 bits per heavy atom. The molecule has 1 aliphatic rings. The van der Waals surface area contributed by atoms with Crippen LogP contribution in [0.25, 0.3) is 0 Å². The number of amides is 2. The number of aliphatic hydroxyl groups is 1. The minimum Gasteiger partial charge on any atom is -0.506 e. The summed E-state index contributed by atoms with van der Waals surface area (Å²) < 4.78 is 0. The number of nitrogens with zero attached hydrogens (tertiary/aromatic N) is 1. The minimum atomic E-state index is -0.323. The van der Waals surface area contributed by atoms with E-state index in [0.717, 1.165) is 0 Å². The summed E-state index contributed by atoms with van der Waals surface area (Å²) in [7, 11) is 0. The van der Waals surface area contributed by atoms with Crippen molar-refractivity contribution in [1.29, 1.82) is 0 Å². The average molecular weight is 223 g/mol. The highest BCUT2D eigenvalue weighted by atomic mass is 16.3. The van der Waals surface area contributed by atoms with E-state index in [2.05, 4.69) is 15.6 Å². The number of aromatic nitrogens is 1. The van der Waals surface area contributed by atoms with E-state index in [1.165, 1.54) is 6.20 Å². The van der Waals surface area contributed by atoms with Gasteiger partial charge >= 0.3 is 6.03 Å². The van der Waals surface area contributed by atoms with Crippen LogP contribution in [0.15, 0.2) is 6.20 Å². The number of rotatable bonds is 2. The number of nitrogens with one attached hydrogen (secondary N) is 2. The van der Waals surface area contributed by atoms with Crippen molar-refractivity contribution in [1.82, 2.24) is 15.6 Å². The van der Waals surface area contributed by atoms with Gasteiger partial charge in [0.2, 0.25) is 0 Å². The van der Waals surface area contributed by atoms with Crippen LogP contribution in [0.4, 0.5) is 4.79 Å². The van der Waals surface area contributed by atoms with E-state index in [9.17, 15) is 15.0 Å². The molecule has 1 fully saturated rings. The molecular weight excluding hydrogens is 210 g/mol. The van der Waals surface area contributed by atoms with E-state index in [0.29, 0.717) is 23.4 Å². The molecule has 0 unspecified atom stereocenters. The zero-order valence-electron chi connectivity index (χ0n) is 8.82. The number of carbonyl (C=O) groups is 1. The Kier molecular flexibility index (Phi) is 2.66. The summed E-state index contributed by atoms with van der Waals surface area (Å²) in [6.45, 7) is 1.84. The molecule has 1 aromatic rings. The van der Waals surface area contributed by atoms with Gasteiger partial charge in [0.25, 0.3) is 0 Å². The van der Waals surface area contributed by atoms with Crippen molar-refractivity contribution < 1.29 is 15.0 Å². The lowest BCUT2D eigenvalue weighted by Crippen LogP contribution is -2.22. The molecule has 0 aromatic carbocycles. The second-order valence-electron chi connectivity index (χ2n) is 3.70. The third kappa shape index (κ3) is 1.67. The smallest absolute Gasteiger partial charge is 0.315 e. The fourth-order valence-corrected chi connectivity index (χ4v) is 1.80. The Hall–Kier alpha value is -1.82. The highest BCUT2D eigenvalue weighted by Gasteiger charge is 2.27. The van der Waals surface area contributed by atoms with E-state index in [4.69, 9.17) is 0 Å². The highest BCUT2D eigenvalue weighted by Crippen LogP contribution is 2.30. The highest BCUT2D eigenvalue weighted by molar-refractivity contribution is 5.77. The quantitative estimate of drug-likeness (QED) is 0.565. The topological polar surface area (TPSA) is 94.5 Å². The van der Waals surface area contributed by atoms with Crippen molar-refractivity contribution in [3.63, 3.8) is 0 Å². The second kappa shape index (κ2) is 3.97. The van der Waals surface area contributed by atoms with Gasteiger partial charge in [-0.05, 0) is 6.92 Å². The van der Waals surface area contributed by atoms with Gasteiger partial charge in [0.1, 0.15) is 5.75 Å². The minimum absolute atomic E-state index is 0.0283. The Morgan fingerprint density at radius 3 is 2.94 bits per heavy atom. The summed E-state index contributed by atoms with van der Waals surface area (Å²) in [5.41, 5.74) is 1.54. The van der Waals surface area contributed by atoms with Gasteiger partial charge in [0.15, 0.2) is 0 Å². The van der Waals surface area contributed by atoms with E-state index < -0.39 is 0 Å². The van der Waals surface area contributed by atoms with Crippen molar-refractivity contribution >= 4 is 6.03 Å². The number of carbonyl (C=O) groups excluding carboxylic acids is 1. The van der Waals surface area contributed by atoms with Gasteiger partial charge in [0.05, 0.1) is 18.3 Å². The van der Waals surface area contributed by atoms with Crippen molar-refractivity contribution in [3.8, 4) is 5.75 Å². The predicted molar refractivity (Wildman–Crippen MR) is 55.8 cm³/mol. The molecule has 6 nitrogen and oxygen atoms in total. The monoisotopic (exact) mass is 223 g/mol. The number of hydrogen-bond acceptors (Lipinski definition) is 4. The van der Waals surface area contributed by atoms with Crippen molar-refractivity contribution in [2.75, 3.05) is 6.54 Å². The van der Waals surface area contributed by atoms with Crippen LogP contribution in [-0.4, -0.2) is 27.8 Å². The first kappa shape index (κ1) is 10.7. The molecule has 0 aliphatic carbocycles. The van der Waals surface area contributed by atoms with E-state index in [-0.39, 0.29) is 24.4 Å². The Balaban J connectivity index is 2.45. The van der Waals surface area contributed by atoms with Crippen LogP contribution in [-0.2, 0) is 6.61 Å². The first-order valence-electron chi connectivity index (χ1n) is 4.96. The molecule has 6 heteroatoms. The average Bonchev–Trinajstić information content (AvgIpc) is 2.68. The van der Waals surface area contributed by atoms with Crippen LogP contribution in [0.2, 0.25) is 0 Å². The molecule has 2 heterocycles. The lowest BCUT2D eigenvalue weighted by molar-refractivity contribution is 0.247. The molecule has 1 aromatic heterocycles. The van der Waals surface area contributed by atoms with Crippen molar-refractivity contribution in [2.45, 2.75) is 19.6 Å². The Morgan fingerprint density at radius 2 is 2.38 bits per heavy atom. The Bertz CT molecular complexity index is 434. The van der Waals surface area contributed by atoms with Crippen molar-refractivity contribution in [2.24, 2.45) is 0 Å². The summed E-state index contributed by atoms with van der Waals surface area (Å²) in [4.78, 5) is 15.0. The maximum atomic E-state index is 11.0. The van der Waals surface area contributed by atoms with E-state index in [1.807, 2.05) is 0 Å². The van der Waals surface area contributed by atoms with Crippen LogP contribution < -0.4 is 10.6 Å². The maximum absolute atomic E-state index is 11.0. The number of hydrogen-bond donors (Lipinski definition) is 4. The van der Waals surface area contributed by atoms with E-state index >= 15 is 0 Å². The molecule has 0 spiro atoms. The number of aromatic hydroxyl groups is 1. The van der Waals surface area contributed by atoms with Crippen LogP contribution in [0, 0.1) is 6.92 Å². The van der Waals surface area contributed by atoms with Crippen molar-refractivity contribution in [3.05, 3.63) is 23.0 Å². The summed E-state index contributed by atoms with van der Waals surface area (Å²) in [6.07, 6.45) is 1.51. The number of urea groups is 1. The first-order valence-corrected chi connectivity index (χ1v) is 4.96. The molecule has 16 heavy (non-hydrogen) atoms. The van der Waals surface area contributed by atoms with Crippen LogP contribution in [0.5, 0.6) is 5.75 Å². The molecule has 0 saturated carbocycles. The summed E-state index contributed by atoms with van der Waals surface area (Å²) in [5.74, 6) is 0.0283. The Labute approximate surface area is 92.3 Å². The number of pyridine rings is 1. The third-order valence-corrected chi connectivity index (χ3v) is 2.65. The molecule has 1 atom stereocenters. The van der Waals surface area contributed by atoms with E-state index in [1.54, 1.807) is 6.92 Å². The first-order chi connectivity index (χ1) is 7.63. The summed E-state index contributed by atoms with van der Waals surface area (Å²) >= 11 is 0. The fourth-order valence-electron chi connectivity index (χ4n) is 1.80. The lowest BCUT2D eigenvalue weighted by atomic mass is 10.0. The molecule has 86 valence electrons.